The van der Waals surface area contributed by atoms with Crippen molar-refractivity contribution in [2.45, 2.75) is 32.5 Å². The largest absolute Gasteiger partial charge is 0.334 e. The molecule has 0 spiro atoms. The van der Waals surface area contributed by atoms with Gasteiger partial charge in [-0.3, -0.25) is 9.69 Å². The average molecular weight is 473 g/mol. The predicted octanol–water partition coefficient (Wildman–Crippen LogP) is 4.26. The summed E-state index contributed by atoms with van der Waals surface area (Å²) in [5.74, 6) is -0.251. The van der Waals surface area contributed by atoms with Crippen molar-refractivity contribution < 1.29 is 13.8 Å². The van der Waals surface area contributed by atoms with E-state index < -0.39 is 0 Å². The van der Waals surface area contributed by atoms with Gasteiger partial charge in [0.05, 0.1) is 0 Å². The molecule has 2 aromatic carbocycles. The number of piperazine rings is 1. The second-order valence-electron chi connectivity index (χ2n) is 7.71. The van der Waals surface area contributed by atoms with Gasteiger partial charge in [-0.1, -0.05) is 12.1 Å². The smallest absolute Gasteiger partial charge is 0.246 e. The molecule has 1 aliphatic heterocycles. The summed E-state index contributed by atoms with van der Waals surface area (Å²) in [5.41, 5.74) is 3.19. The molecule has 1 saturated heterocycles. The third-order valence-corrected chi connectivity index (χ3v) is 6.06. The fraction of sp³-hybridized carbons (Fsp3) is 0.318. The molecule has 2 heterocycles. The summed E-state index contributed by atoms with van der Waals surface area (Å²) in [4.78, 5) is 17.1. The highest BCUT2D eigenvalue weighted by molar-refractivity contribution is 9.10. The van der Waals surface area contributed by atoms with Gasteiger partial charge in [0.25, 0.3) is 0 Å². The lowest BCUT2D eigenvalue weighted by molar-refractivity contribution is -0.131. The third kappa shape index (κ3) is 4.44. The van der Waals surface area contributed by atoms with Crippen molar-refractivity contribution in [1.82, 2.24) is 20.1 Å². The van der Waals surface area contributed by atoms with Crippen LogP contribution in [0, 0.1) is 5.82 Å². The van der Waals surface area contributed by atoms with Crippen LogP contribution in [-0.4, -0.2) is 51.2 Å². The summed E-state index contributed by atoms with van der Waals surface area (Å²) in [6, 6.07) is 10.6. The maximum Gasteiger partial charge on any atom is 0.246 e. The Labute approximate surface area is 182 Å². The molecule has 156 valence electrons. The molecule has 6 nitrogen and oxygen atoms in total. The van der Waals surface area contributed by atoms with E-state index in [0.29, 0.717) is 17.6 Å². The minimum atomic E-state index is -0.228. The minimum absolute atomic E-state index is 0.0229. The van der Waals surface area contributed by atoms with Crippen molar-refractivity contribution in [2.75, 3.05) is 13.1 Å². The summed E-state index contributed by atoms with van der Waals surface area (Å²) in [6.07, 6.45) is 3.38. The monoisotopic (exact) mass is 472 g/mol. The van der Waals surface area contributed by atoms with Crippen LogP contribution in [-0.2, 0) is 11.3 Å². The van der Waals surface area contributed by atoms with E-state index >= 15 is 0 Å². The Morgan fingerprint density at radius 3 is 2.73 bits per heavy atom. The molecule has 0 N–H and O–H groups in total. The molecule has 3 aromatic rings. The Hall–Kier alpha value is -2.58. The standard InChI is InChI=1S/C22H22BrFN4O2/c1-14-12-28(15(2)11-27(14)13-16-3-6-18(24)7-4-16)21(29)8-5-17-9-19(23)22-20(10-17)25-30-26-22/h3-10,14-15H,11-13H2,1-2H3/b8-5+/t14-,15+/m0/s1. The molecule has 8 heteroatoms. The van der Waals surface area contributed by atoms with Gasteiger partial charge < -0.3 is 4.90 Å². The summed E-state index contributed by atoms with van der Waals surface area (Å²) in [7, 11) is 0. The number of hydrogen-bond acceptors (Lipinski definition) is 5. The number of benzene rings is 2. The second kappa shape index (κ2) is 8.65. The second-order valence-corrected chi connectivity index (χ2v) is 8.57. The lowest BCUT2D eigenvalue weighted by Crippen LogP contribution is -2.57. The van der Waals surface area contributed by atoms with Crippen LogP contribution < -0.4 is 0 Å². The summed E-state index contributed by atoms with van der Waals surface area (Å²) in [5, 5.41) is 7.69. The third-order valence-electron chi connectivity index (χ3n) is 5.45. The number of halogens is 2. The highest BCUT2D eigenvalue weighted by Crippen LogP contribution is 2.24. The maximum atomic E-state index is 13.1. The maximum absolute atomic E-state index is 13.1. The number of aromatic nitrogens is 2. The van der Waals surface area contributed by atoms with Gasteiger partial charge in [0.15, 0.2) is 0 Å². The number of carbonyl (C=O) groups is 1. The summed E-state index contributed by atoms with van der Waals surface area (Å²) in [6.45, 7) is 6.31. The van der Waals surface area contributed by atoms with Crippen molar-refractivity contribution in [3.63, 3.8) is 0 Å². The van der Waals surface area contributed by atoms with Crippen LogP contribution >= 0.6 is 15.9 Å². The van der Waals surface area contributed by atoms with E-state index in [1.54, 1.807) is 12.2 Å². The molecule has 1 aliphatic rings. The van der Waals surface area contributed by atoms with E-state index in [0.717, 1.165) is 28.7 Å². The van der Waals surface area contributed by atoms with E-state index in [-0.39, 0.29) is 23.8 Å². The Morgan fingerprint density at radius 1 is 1.20 bits per heavy atom. The van der Waals surface area contributed by atoms with Crippen LogP contribution in [0.1, 0.15) is 25.0 Å². The van der Waals surface area contributed by atoms with Gasteiger partial charge in [0.2, 0.25) is 5.91 Å². The Bertz CT molecular complexity index is 1080. The van der Waals surface area contributed by atoms with Crippen molar-refractivity contribution in [2.24, 2.45) is 0 Å². The lowest BCUT2D eigenvalue weighted by atomic mass is 10.1. The topological polar surface area (TPSA) is 62.5 Å². The van der Waals surface area contributed by atoms with Crippen LogP contribution in [0.5, 0.6) is 0 Å². The van der Waals surface area contributed by atoms with Gasteiger partial charge in [-0.05, 0) is 81.6 Å². The molecule has 1 aromatic heterocycles. The first-order valence-electron chi connectivity index (χ1n) is 9.79. The fourth-order valence-corrected chi connectivity index (χ4v) is 4.32. The molecule has 0 aliphatic carbocycles. The number of rotatable bonds is 4. The Morgan fingerprint density at radius 2 is 1.97 bits per heavy atom. The number of amides is 1. The van der Waals surface area contributed by atoms with E-state index in [4.69, 9.17) is 4.63 Å². The predicted molar refractivity (Wildman–Crippen MR) is 116 cm³/mol. The van der Waals surface area contributed by atoms with Crippen LogP contribution in [0.25, 0.3) is 17.1 Å². The van der Waals surface area contributed by atoms with Crippen molar-refractivity contribution >= 4 is 38.9 Å². The lowest BCUT2D eigenvalue weighted by Gasteiger charge is -2.44. The average Bonchev–Trinajstić information content (AvgIpc) is 3.19. The van der Waals surface area contributed by atoms with Crippen LogP contribution in [0.4, 0.5) is 4.39 Å². The van der Waals surface area contributed by atoms with Gasteiger partial charge in [0, 0.05) is 42.3 Å². The first kappa shape index (κ1) is 20.7. The van der Waals surface area contributed by atoms with Crippen molar-refractivity contribution in [1.29, 1.82) is 0 Å². The zero-order valence-corrected chi connectivity index (χ0v) is 18.3. The normalized spacial score (nSPS) is 20.3. The fourth-order valence-electron chi connectivity index (χ4n) is 3.78. The van der Waals surface area contributed by atoms with Crippen molar-refractivity contribution in [3.05, 3.63) is 63.9 Å². The first-order valence-corrected chi connectivity index (χ1v) is 10.6. The molecule has 2 atom stereocenters. The van der Waals surface area contributed by atoms with E-state index in [1.165, 1.54) is 12.1 Å². The molecule has 0 unspecified atom stereocenters. The molecular weight excluding hydrogens is 451 g/mol. The molecule has 1 fully saturated rings. The van der Waals surface area contributed by atoms with Gasteiger partial charge in [-0.2, -0.15) is 0 Å². The van der Waals surface area contributed by atoms with Gasteiger partial charge in [-0.15, -0.1) is 0 Å². The van der Waals surface area contributed by atoms with E-state index in [1.807, 2.05) is 29.2 Å². The highest BCUT2D eigenvalue weighted by atomic mass is 79.9. The summed E-state index contributed by atoms with van der Waals surface area (Å²) >= 11 is 3.45. The van der Waals surface area contributed by atoms with Crippen molar-refractivity contribution in [3.8, 4) is 0 Å². The van der Waals surface area contributed by atoms with Gasteiger partial charge >= 0.3 is 0 Å². The van der Waals surface area contributed by atoms with Crippen LogP contribution in [0.15, 0.2) is 51.6 Å². The molecule has 4 rings (SSSR count). The Balaban J connectivity index is 1.42. The SMILES string of the molecule is C[C@@H]1CN(Cc2ccc(F)cc2)[C@@H](C)CN1C(=O)/C=C/c1cc(Br)c2nonc2c1. The molecular formula is C22H22BrFN4O2. The molecule has 1 amide bonds. The zero-order chi connectivity index (χ0) is 21.3. The van der Waals surface area contributed by atoms with Gasteiger partial charge in [-0.25, -0.2) is 9.02 Å². The van der Waals surface area contributed by atoms with Gasteiger partial charge in [0.1, 0.15) is 16.9 Å². The van der Waals surface area contributed by atoms with Crippen LogP contribution in [0.2, 0.25) is 0 Å². The zero-order valence-electron chi connectivity index (χ0n) is 16.8. The van der Waals surface area contributed by atoms with Crippen LogP contribution in [0.3, 0.4) is 0 Å². The number of carbonyl (C=O) groups excluding carboxylic acids is 1. The first-order chi connectivity index (χ1) is 14.4. The molecule has 0 radical (unpaired) electrons. The molecule has 0 bridgehead atoms. The number of fused-ring (bicyclic) bond motifs is 1. The quantitative estimate of drug-likeness (QED) is 0.530. The Kier molecular flexibility index (Phi) is 5.97. The minimum Gasteiger partial charge on any atom is -0.334 e. The highest BCUT2D eigenvalue weighted by Gasteiger charge is 2.31. The number of hydrogen-bond donors (Lipinski definition) is 0. The summed E-state index contributed by atoms with van der Waals surface area (Å²) < 4.78 is 18.7. The molecule has 0 saturated carbocycles. The molecule has 30 heavy (non-hydrogen) atoms. The number of nitrogens with zero attached hydrogens (tertiary/aromatic N) is 4. The van der Waals surface area contributed by atoms with E-state index in [9.17, 15) is 9.18 Å². The van der Waals surface area contributed by atoms with E-state index in [2.05, 4.69) is 45.0 Å².